The summed E-state index contributed by atoms with van der Waals surface area (Å²) in [6, 6.07) is 0. The van der Waals surface area contributed by atoms with Crippen molar-refractivity contribution in [1.29, 1.82) is 0 Å². The van der Waals surface area contributed by atoms with E-state index < -0.39 is 0 Å². The number of carbonyl (C=O) groups is 1. The highest BCUT2D eigenvalue weighted by Crippen LogP contribution is 2.43. The van der Waals surface area contributed by atoms with Gasteiger partial charge >= 0.3 is 0 Å². The van der Waals surface area contributed by atoms with Crippen LogP contribution in [0.2, 0.25) is 0 Å². The second kappa shape index (κ2) is 2.81. The standard InChI is InChI=1S/C11H18O2/c1-10(2)8-13-11(9(10)12)6-4-3-5-7-11/h3-8H2,1-2H3. The van der Waals surface area contributed by atoms with E-state index in [0.29, 0.717) is 12.4 Å². The molecule has 2 rings (SSSR count). The van der Waals surface area contributed by atoms with Gasteiger partial charge in [0.2, 0.25) is 0 Å². The highest BCUT2D eigenvalue weighted by atomic mass is 16.5. The Balaban J connectivity index is 2.20. The van der Waals surface area contributed by atoms with Gasteiger partial charge in [-0.3, -0.25) is 4.79 Å². The molecule has 1 aliphatic carbocycles. The molecule has 2 fully saturated rings. The molecule has 2 nitrogen and oxygen atoms in total. The lowest BCUT2D eigenvalue weighted by molar-refractivity contribution is -0.137. The Kier molecular flexibility index (Phi) is 1.99. The molecule has 0 N–H and O–H groups in total. The van der Waals surface area contributed by atoms with Crippen LogP contribution in [0.5, 0.6) is 0 Å². The fourth-order valence-electron chi connectivity index (χ4n) is 2.56. The SMILES string of the molecule is CC1(C)COC2(CCCCC2)C1=O. The summed E-state index contributed by atoms with van der Waals surface area (Å²) in [5.74, 6) is 0.347. The average molecular weight is 182 g/mol. The van der Waals surface area contributed by atoms with Crippen LogP contribution in [0, 0.1) is 5.41 Å². The maximum Gasteiger partial charge on any atom is 0.172 e. The fraction of sp³-hybridized carbons (Fsp3) is 0.909. The molecule has 13 heavy (non-hydrogen) atoms. The summed E-state index contributed by atoms with van der Waals surface area (Å²) >= 11 is 0. The first-order valence-electron chi connectivity index (χ1n) is 5.26. The Morgan fingerprint density at radius 3 is 2.23 bits per heavy atom. The van der Waals surface area contributed by atoms with Gasteiger partial charge in [-0.2, -0.15) is 0 Å². The van der Waals surface area contributed by atoms with E-state index >= 15 is 0 Å². The first-order chi connectivity index (χ1) is 6.07. The number of Topliss-reactive ketones (excluding diaryl/α,β-unsaturated/α-hetero) is 1. The number of rotatable bonds is 0. The minimum absolute atomic E-state index is 0.239. The summed E-state index contributed by atoms with van der Waals surface area (Å²) in [4.78, 5) is 12.1. The Hall–Kier alpha value is -0.370. The number of hydrogen-bond donors (Lipinski definition) is 0. The summed E-state index contributed by atoms with van der Waals surface area (Å²) in [6.07, 6.45) is 5.48. The van der Waals surface area contributed by atoms with Crippen molar-refractivity contribution in [3.8, 4) is 0 Å². The third-order valence-corrected chi connectivity index (χ3v) is 3.40. The van der Waals surface area contributed by atoms with Crippen molar-refractivity contribution in [2.45, 2.75) is 51.6 Å². The molecule has 2 heteroatoms. The molecule has 1 heterocycles. The van der Waals surface area contributed by atoms with E-state index in [2.05, 4.69) is 0 Å². The first kappa shape index (κ1) is 9.20. The molecule has 1 spiro atoms. The minimum atomic E-state index is -0.373. The molecule has 0 radical (unpaired) electrons. The molecule has 1 saturated carbocycles. The van der Waals surface area contributed by atoms with Crippen molar-refractivity contribution in [3.63, 3.8) is 0 Å². The molecule has 0 amide bonds. The molecular weight excluding hydrogens is 164 g/mol. The van der Waals surface area contributed by atoms with Gasteiger partial charge in [0.25, 0.3) is 0 Å². The topological polar surface area (TPSA) is 26.3 Å². The first-order valence-corrected chi connectivity index (χ1v) is 5.26. The molecule has 0 aromatic heterocycles. The summed E-state index contributed by atoms with van der Waals surface area (Å²) < 4.78 is 5.76. The van der Waals surface area contributed by atoms with Crippen molar-refractivity contribution < 1.29 is 9.53 Å². The second-order valence-corrected chi connectivity index (χ2v) is 5.06. The Bertz CT molecular complexity index is 224. The number of hydrogen-bond acceptors (Lipinski definition) is 2. The van der Waals surface area contributed by atoms with E-state index in [9.17, 15) is 4.79 Å². The number of ketones is 1. The molecule has 0 unspecified atom stereocenters. The number of carbonyl (C=O) groups excluding carboxylic acids is 1. The molecule has 1 aliphatic heterocycles. The zero-order valence-corrected chi connectivity index (χ0v) is 8.56. The summed E-state index contributed by atoms with van der Waals surface area (Å²) in [7, 11) is 0. The number of ether oxygens (including phenoxy) is 1. The smallest absolute Gasteiger partial charge is 0.172 e. The third-order valence-electron chi connectivity index (χ3n) is 3.40. The predicted octanol–water partition coefficient (Wildman–Crippen LogP) is 2.31. The lowest BCUT2D eigenvalue weighted by Crippen LogP contribution is -2.41. The molecule has 1 saturated heterocycles. The van der Waals surface area contributed by atoms with Crippen molar-refractivity contribution in [1.82, 2.24) is 0 Å². The van der Waals surface area contributed by atoms with Crippen LogP contribution in [0.3, 0.4) is 0 Å². The lowest BCUT2D eigenvalue weighted by atomic mass is 9.75. The van der Waals surface area contributed by atoms with Crippen molar-refractivity contribution in [2.24, 2.45) is 5.41 Å². The summed E-state index contributed by atoms with van der Waals surface area (Å²) in [5, 5.41) is 0. The summed E-state index contributed by atoms with van der Waals surface area (Å²) in [5.41, 5.74) is -0.612. The minimum Gasteiger partial charge on any atom is -0.366 e. The van der Waals surface area contributed by atoms with Crippen molar-refractivity contribution in [2.75, 3.05) is 6.61 Å². The highest BCUT2D eigenvalue weighted by Gasteiger charge is 2.53. The van der Waals surface area contributed by atoms with E-state index in [0.717, 1.165) is 25.7 Å². The van der Waals surface area contributed by atoms with E-state index in [1.165, 1.54) is 6.42 Å². The van der Waals surface area contributed by atoms with E-state index in [1.54, 1.807) is 0 Å². The van der Waals surface area contributed by atoms with Gasteiger partial charge in [-0.05, 0) is 12.8 Å². The molecule has 0 aromatic rings. The molecule has 74 valence electrons. The molecule has 0 atom stereocenters. The average Bonchev–Trinajstić information content (AvgIpc) is 2.33. The zero-order valence-electron chi connectivity index (χ0n) is 8.56. The van der Waals surface area contributed by atoms with Crippen molar-refractivity contribution in [3.05, 3.63) is 0 Å². The molecule has 0 bridgehead atoms. The van der Waals surface area contributed by atoms with Crippen LogP contribution in [-0.2, 0) is 9.53 Å². The zero-order chi connectivity index (χ0) is 9.53. The summed E-state index contributed by atoms with van der Waals surface area (Å²) in [6.45, 7) is 4.61. The van der Waals surface area contributed by atoms with Gasteiger partial charge in [0, 0.05) is 5.41 Å². The van der Waals surface area contributed by atoms with Gasteiger partial charge in [-0.1, -0.05) is 33.1 Å². The van der Waals surface area contributed by atoms with Crippen LogP contribution >= 0.6 is 0 Å². The third kappa shape index (κ3) is 1.32. The largest absolute Gasteiger partial charge is 0.366 e. The molecule has 0 aromatic carbocycles. The van der Waals surface area contributed by atoms with Crippen LogP contribution in [0.1, 0.15) is 46.0 Å². The van der Waals surface area contributed by atoms with Gasteiger partial charge in [-0.25, -0.2) is 0 Å². The van der Waals surface area contributed by atoms with Gasteiger partial charge in [0.1, 0.15) is 5.60 Å². The van der Waals surface area contributed by atoms with Crippen LogP contribution in [0.4, 0.5) is 0 Å². The Morgan fingerprint density at radius 1 is 1.15 bits per heavy atom. The second-order valence-electron chi connectivity index (χ2n) is 5.06. The van der Waals surface area contributed by atoms with Gasteiger partial charge in [0.15, 0.2) is 5.78 Å². The molecule has 2 aliphatic rings. The van der Waals surface area contributed by atoms with E-state index in [4.69, 9.17) is 4.74 Å². The highest BCUT2D eigenvalue weighted by molar-refractivity contribution is 5.93. The maximum atomic E-state index is 12.1. The van der Waals surface area contributed by atoms with Crippen LogP contribution in [0.15, 0.2) is 0 Å². The Morgan fingerprint density at radius 2 is 1.77 bits per heavy atom. The van der Waals surface area contributed by atoms with Crippen LogP contribution in [0.25, 0.3) is 0 Å². The quantitative estimate of drug-likeness (QED) is 0.574. The van der Waals surface area contributed by atoms with Crippen LogP contribution < -0.4 is 0 Å². The van der Waals surface area contributed by atoms with E-state index in [1.807, 2.05) is 13.8 Å². The lowest BCUT2D eigenvalue weighted by Gasteiger charge is -2.31. The van der Waals surface area contributed by atoms with Crippen molar-refractivity contribution >= 4 is 5.78 Å². The predicted molar refractivity (Wildman–Crippen MR) is 50.6 cm³/mol. The van der Waals surface area contributed by atoms with Gasteiger partial charge in [-0.15, -0.1) is 0 Å². The van der Waals surface area contributed by atoms with Crippen LogP contribution in [-0.4, -0.2) is 18.0 Å². The maximum absolute atomic E-state index is 12.1. The Labute approximate surface area is 79.7 Å². The fourth-order valence-corrected chi connectivity index (χ4v) is 2.56. The van der Waals surface area contributed by atoms with Gasteiger partial charge in [0.05, 0.1) is 6.61 Å². The van der Waals surface area contributed by atoms with Gasteiger partial charge < -0.3 is 4.74 Å². The normalized spacial score (nSPS) is 31.1. The van der Waals surface area contributed by atoms with E-state index in [-0.39, 0.29) is 11.0 Å². The monoisotopic (exact) mass is 182 g/mol. The molecular formula is C11H18O2.